The van der Waals surface area contributed by atoms with Gasteiger partial charge < -0.3 is 4.18 Å². The van der Waals surface area contributed by atoms with Crippen LogP contribution in [0.4, 0.5) is 0 Å². The van der Waals surface area contributed by atoms with E-state index in [-0.39, 0.29) is 17.0 Å². The summed E-state index contributed by atoms with van der Waals surface area (Å²) in [6, 6.07) is 0. The van der Waals surface area contributed by atoms with Gasteiger partial charge in [0.15, 0.2) is 0 Å². The maximum absolute atomic E-state index is 10.8. The van der Waals surface area contributed by atoms with Gasteiger partial charge in [-0.3, -0.25) is 9.59 Å². The Morgan fingerprint density at radius 1 is 1.33 bits per heavy atom. The Morgan fingerprint density at radius 2 is 1.83 bits per heavy atom. The molecule has 0 aliphatic carbocycles. The molecule has 0 rings (SSSR count). The molecule has 0 aromatic rings. The van der Waals surface area contributed by atoms with E-state index in [9.17, 15) is 9.59 Å². The number of Topliss-reactive ketones (excluding diaryl/α,β-unsaturated/α-hetero) is 1. The van der Waals surface area contributed by atoms with Crippen LogP contribution >= 0.6 is 12.0 Å². The minimum absolute atomic E-state index is 0.119. The molecule has 4 heteroatoms. The third kappa shape index (κ3) is 7.60. The molecular weight excluding hydrogens is 176 g/mol. The summed E-state index contributed by atoms with van der Waals surface area (Å²) >= 11 is 1.08. The molecule has 3 nitrogen and oxygen atoms in total. The summed E-state index contributed by atoms with van der Waals surface area (Å²) in [5.41, 5.74) is 0. The van der Waals surface area contributed by atoms with Crippen molar-refractivity contribution in [1.82, 2.24) is 0 Å². The van der Waals surface area contributed by atoms with Crippen molar-refractivity contribution in [2.75, 3.05) is 0 Å². The Bertz CT molecular complexity index is 181. The van der Waals surface area contributed by atoms with Crippen molar-refractivity contribution in [2.24, 2.45) is 0 Å². The summed E-state index contributed by atoms with van der Waals surface area (Å²) in [6.45, 7) is 7.15. The number of rotatable bonds is 3. The first-order chi connectivity index (χ1) is 5.31. The number of hydrogen-bond acceptors (Lipinski definition) is 4. The van der Waals surface area contributed by atoms with Gasteiger partial charge in [-0.15, -0.1) is 0 Å². The number of ketones is 1. The summed E-state index contributed by atoms with van der Waals surface area (Å²) in [6.07, 6.45) is -0.136. The Kier molecular flexibility index (Phi) is 4.31. The van der Waals surface area contributed by atoms with E-state index < -0.39 is 5.97 Å². The smallest absolute Gasteiger partial charge is 0.325 e. The summed E-state index contributed by atoms with van der Waals surface area (Å²) in [5, 5.41) is 0. The molecule has 0 aliphatic heterocycles. The molecular formula is C8H14O3S. The zero-order valence-corrected chi connectivity index (χ0v) is 8.66. The summed E-state index contributed by atoms with van der Waals surface area (Å²) in [7, 11) is 0. The third-order valence-electron chi connectivity index (χ3n) is 0.778. The SMILES string of the molecule is CC(=O)CC(=O)OSC(C)(C)C. The molecule has 0 saturated carbocycles. The normalized spacial score (nSPS) is 11.0. The fourth-order valence-corrected chi connectivity index (χ4v) is 0.806. The summed E-state index contributed by atoms with van der Waals surface area (Å²) in [4.78, 5) is 21.3. The molecule has 12 heavy (non-hydrogen) atoms. The molecule has 0 atom stereocenters. The highest BCUT2D eigenvalue weighted by Crippen LogP contribution is 2.24. The van der Waals surface area contributed by atoms with Crippen LogP contribution in [0.3, 0.4) is 0 Å². The Morgan fingerprint density at radius 3 is 2.17 bits per heavy atom. The lowest BCUT2D eigenvalue weighted by molar-refractivity contribution is -0.136. The molecule has 0 aromatic heterocycles. The topological polar surface area (TPSA) is 43.4 Å². The van der Waals surface area contributed by atoms with Crippen molar-refractivity contribution in [3.05, 3.63) is 0 Å². The molecule has 0 N–H and O–H groups in total. The van der Waals surface area contributed by atoms with E-state index in [0.717, 1.165) is 12.0 Å². The van der Waals surface area contributed by atoms with Gasteiger partial charge in [-0.1, -0.05) is 0 Å². The van der Waals surface area contributed by atoms with Gasteiger partial charge in [0.25, 0.3) is 0 Å². The van der Waals surface area contributed by atoms with Crippen molar-refractivity contribution in [2.45, 2.75) is 38.9 Å². The molecule has 0 bridgehead atoms. The predicted octanol–water partition coefficient (Wildman–Crippen LogP) is 1.96. The van der Waals surface area contributed by atoms with Crippen LogP contribution in [0.2, 0.25) is 0 Å². The first kappa shape index (κ1) is 11.5. The quantitative estimate of drug-likeness (QED) is 0.504. The zero-order valence-electron chi connectivity index (χ0n) is 7.84. The number of carbonyl (C=O) groups is 2. The first-order valence-electron chi connectivity index (χ1n) is 3.69. The zero-order chi connectivity index (χ0) is 9.78. The van der Waals surface area contributed by atoms with E-state index in [1.807, 2.05) is 20.8 Å². The highest BCUT2D eigenvalue weighted by Gasteiger charge is 2.16. The van der Waals surface area contributed by atoms with Gasteiger partial charge in [-0.05, 0) is 27.7 Å². The molecule has 0 unspecified atom stereocenters. The fourth-order valence-electron chi connectivity index (χ4n) is 0.404. The average Bonchev–Trinajstić information content (AvgIpc) is 1.80. The summed E-state index contributed by atoms with van der Waals surface area (Å²) in [5.74, 6) is -0.642. The number of hydrogen-bond donors (Lipinski definition) is 0. The second-order valence-electron chi connectivity index (χ2n) is 3.53. The molecule has 0 aliphatic rings. The lowest BCUT2D eigenvalue weighted by atomic mass is 10.3. The fraction of sp³-hybridized carbons (Fsp3) is 0.750. The van der Waals surface area contributed by atoms with Crippen LogP contribution in [0.1, 0.15) is 34.1 Å². The van der Waals surface area contributed by atoms with E-state index in [0.29, 0.717) is 0 Å². The van der Waals surface area contributed by atoms with E-state index in [1.165, 1.54) is 6.92 Å². The van der Waals surface area contributed by atoms with Crippen LogP contribution in [0.25, 0.3) is 0 Å². The monoisotopic (exact) mass is 190 g/mol. The second-order valence-corrected chi connectivity index (χ2v) is 5.09. The van der Waals surface area contributed by atoms with E-state index in [1.54, 1.807) is 0 Å². The average molecular weight is 190 g/mol. The van der Waals surface area contributed by atoms with Gasteiger partial charge in [0.2, 0.25) is 0 Å². The molecule has 0 heterocycles. The summed E-state index contributed by atoms with van der Waals surface area (Å²) < 4.78 is 4.66. The molecule has 0 fully saturated rings. The molecule has 0 spiro atoms. The van der Waals surface area contributed by atoms with Crippen LogP contribution < -0.4 is 0 Å². The Labute approximate surface area is 77.1 Å². The Balaban J connectivity index is 3.65. The predicted molar refractivity (Wildman–Crippen MR) is 48.7 cm³/mol. The molecule has 70 valence electrons. The van der Waals surface area contributed by atoms with Crippen LogP contribution in [0, 0.1) is 0 Å². The Hall–Kier alpha value is -0.510. The highest BCUT2D eigenvalue weighted by atomic mass is 32.2. The van der Waals surface area contributed by atoms with Crippen molar-refractivity contribution in [1.29, 1.82) is 0 Å². The molecule has 0 radical (unpaired) electrons. The van der Waals surface area contributed by atoms with E-state index in [2.05, 4.69) is 0 Å². The maximum atomic E-state index is 10.8. The molecule has 0 aromatic carbocycles. The largest absolute Gasteiger partial charge is 0.390 e. The third-order valence-corrected chi connectivity index (χ3v) is 1.55. The molecule has 0 saturated heterocycles. The minimum atomic E-state index is -0.470. The van der Waals surface area contributed by atoms with Crippen LogP contribution in [0.15, 0.2) is 0 Å². The number of carbonyl (C=O) groups excluding carboxylic acids is 2. The van der Waals surface area contributed by atoms with Crippen molar-refractivity contribution >= 4 is 23.8 Å². The van der Waals surface area contributed by atoms with Gasteiger partial charge >= 0.3 is 5.97 Å². The highest BCUT2D eigenvalue weighted by molar-refractivity contribution is 7.96. The first-order valence-corrected chi connectivity index (χ1v) is 4.43. The van der Waals surface area contributed by atoms with E-state index in [4.69, 9.17) is 4.18 Å². The van der Waals surface area contributed by atoms with Crippen LogP contribution in [-0.2, 0) is 13.8 Å². The lowest BCUT2D eigenvalue weighted by Crippen LogP contribution is -2.12. The van der Waals surface area contributed by atoms with Gasteiger partial charge in [-0.25, -0.2) is 0 Å². The molecule has 0 amide bonds. The second kappa shape index (κ2) is 4.50. The van der Waals surface area contributed by atoms with Gasteiger partial charge in [0.1, 0.15) is 12.2 Å². The van der Waals surface area contributed by atoms with Crippen molar-refractivity contribution < 1.29 is 13.8 Å². The van der Waals surface area contributed by atoms with Crippen LogP contribution in [0.5, 0.6) is 0 Å². The van der Waals surface area contributed by atoms with Crippen LogP contribution in [-0.4, -0.2) is 16.5 Å². The van der Waals surface area contributed by atoms with Gasteiger partial charge in [-0.2, -0.15) is 0 Å². The maximum Gasteiger partial charge on any atom is 0.325 e. The van der Waals surface area contributed by atoms with E-state index >= 15 is 0 Å². The lowest BCUT2D eigenvalue weighted by Gasteiger charge is -2.14. The van der Waals surface area contributed by atoms with Gasteiger partial charge in [0, 0.05) is 4.75 Å². The minimum Gasteiger partial charge on any atom is -0.390 e. The standard InChI is InChI=1S/C8H14O3S/c1-6(9)5-7(10)11-12-8(2,3)4/h5H2,1-4H3. The van der Waals surface area contributed by atoms with Crippen molar-refractivity contribution in [3.63, 3.8) is 0 Å². The van der Waals surface area contributed by atoms with Gasteiger partial charge in [0.05, 0.1) is 12.0 Å². The van der Waals surface area contributed by atoms with Crippen molar-refractivity contribution in [3.8, 4) is 0 Å².